The Morgan fingerprint density at radius 3 is 2.59 bits per heavy atom. The van der Waals surface area contributed by atoms with Gasteiger partial charge in [-0.3, -0.25) is 4.79 Å². The van der Waals surface area contributed by atoms with Crippen LogP contribution in [0.1, 0.15) is 11.5 Å². The molecule has 5 rings (SSSR count). The number of rotatable bonds is 5. The van der Waals surface area contributed by atoms with Crippen molar-refractivity contribution in [1.29, 1.82) is 0 Å². The van der Waals surface area contributed by atoms with E-state index < -0.39 is 0 Å². The summed E-state index contributed by atoms with van der Waals surface area (Å²) in [5.41, 5.74) is 1.78. The third-order valence-corrected chi connectivity index (χ3v) is 6.37. The van der Waals surface area contributed by atoms with Crippen LogP contribution in [-0.2, 0) is 11.2 Å². The number of carbonyl (C=O) groups excluding carboxylic acids is 1. The molecule has 0 radical (unpaired) electrons. The van der Waals surface area contributed by atoms with Gasteiger partial charge in [-0.25, -0.2) is 15.0 Å². The number of benzene rings is 1. The van der Waals surface area contributed by atoms with Crippen LogP contribution in [0.4, 0.5) is 5.82 Å². The molecule has 4 heterocycles. The van der Waals surface area contributed by atoms with Crippen LogP contribution in [0.2, 0.25) is 0 Å². The number of anilines is 1. The maximum absolute atomic E-state index is 12.8. The Labute approximate surface area is 190 Å². The van der Waals surface area contributed by atoms with Crippen molar-refractivity contribution in [1.82, 2.24) is 19.9 Å². The molecule has 8 heteroatoms. The van der Waals surface area contributed by atoms with E-state index in [0.29, 0.717) is 25.3 Å². The van der Waals surface area contributed by atoms with Crippen LogP contribution in [0.15, 0.2) is 64.5 Å². The second-order valence-corrected chi connectivity index (χ2v) is 8.56. The molecule has 1 fully saturated rings. The van der Waals surface area contributed by atoms with E-state index in [1.165, 1.54) is 11.3 Å². The number of aromatic nitrogens is 3. The first-order chi connectivity index (χ1) is 15.7. The Balaban J connectivity index is 1.19. The number of furan rings is 1. The Hall–Kier alpha value is -3.52. The highest BCUT2D eigenvalue weighted by atomic mass is 32.1. The van der Waals surface area contributed by atoms with Gasteiger partial charge in [0.05, 0.1) is 12.1 Å². The smallest absolute Gasteiger partial charge is 0.228 e. The Morgan fingerprint density at radius 2 is 1.84 bits per heavy atom. The van der Waals surface area contributed by atoms with Crippen molar-refractivity contribution in [2.24, 2.45) is 0 Å². The highest BCUT2D eigenvalue weighted by Gasteiger charge is 2.23. The zero-order valence-corrected chi connectivity index (χ0v) is 18.6. The number of aryl methyl sites for hydroxylation is 1. The molecule has 0 bridgehead atoms. The molecule has 3 aromatic heterocycles. The minimum absolute atomic E-state index is 0.102. The van der Waals surface area contributed by atoms with Crippen molar-refractivity contribution in [3.8, 4) is 22.2 Å². The van der Waals surface area contributed by atoms with Gasteiger partial charge in [-0.15, -0.1) is 11.3 Å². The predicted molar refractivity (Wildman–Crippen MR) is 125 cm³/mol. The van der Waals surface area contributed by atoms with E-state index in [-0.39, 0.29) is 5.91 Å². The Kier molecular flexibility index (Phi) is 5.68. The van der Waals surface area contributed by atoms with E-state index >= 15 is 0 Å². The topological polar surface area (TPSA) is 75.4 Å². The summed E-state index contributed by atoms with van der Waals surface area (Å²) in [6, 6.07) is 15.7. The molecule has 7 nitrogen and oxygen atoms in total. The van der Waals surface area contributed by atoms with Crippen molar-refractivity contribution >= 4 is 23.1 Å². The van der Waals surface area contributed by atoms with Crippen molar-refractivity contribution in [3.05, 3.63) is 71.6 Å². The van der Waals surface area contributed by atoms with Crippen LogP contribution in [0.5, 0.6) is 0 Å². The minimum Gasteiger partial charge on any atom is -0.459 e. The van der Waals surface area contributed by atoms with Gasteiger partial charge in [0.1, 0.15) is 11.6 Å². The maximum Gasteiger partial charge on any atom is 0.228 e. The molecular formula is C24H23N5O2S. The SMILES string of the molecule is Cc1ccc(-c2nc(CC(=O)N3CCN(c4ccnc(-c5ccccc5)n4)CC3)cs2)o1. The lowest BCUT2D eigenvalue weighted by Gasteiger charge is -2.35. The summed E-state index contributed by atoms with van der Waals surface area (Å²) in [5, 5.41) is 2.75. The summed E-state index contributed by atoms with van der Waals surface area (Å²) in [6.45, 7) is 4.72. The van der Waals surface area contributed by atoms with Crippen molar-refractivity contribution in [2.75, 3.05) is 31.1 Å². The highest BCUT2D eigenvalue weighted by molar-refractivity contribution is 7.13. The molecule has 1 amide bonds. The van der Waals surface area contributed by atoms with E-state index in [0.717, 1.165) is 46.7 Å². The second-order valence-electron chi connectivity index (χ2n) is 7.70. The van der Waals surface area contributed by atoms with Crippen molar-refractivity contribution in [3.63, 3.8) is 0 Å². The molecule has 1 saturated heterocycles. The summed E-state index contributed by atoms with van der Waals surface area (Å²) < 4.78 is 5.63. The molecule has 4 aromatic rings. The standard InChI is InChI=1S/C24H23N5O2S/c1-17-7-8-20(31-17)24-26-19(16-32-24)15-22(30)29-13-11-28(12-14-29)21-9-10-25-23(27-21)18-5-3-2-4-6-18/h2-10,16H,11-15H2,1H3. The minimum atomic E-state index is 0.102. The fourth-order valence-electron chi connectivity index (χ4n) is 3.75. The van der Waals surface area contributed by atoms with E-state index in [2.05, 4.69) is 14.9 Å². The first-order valence-corrected chi connectivity index (χ1v) is 11.5. The van der Waals surface area contributed by atoms with Crippen LogP contribution in [0, 0.1) is 6.92 Å². The average Bonchev–Trinajstić information content (AvgIpc) is 3.49. The van der Waals surface area contributed by atoms with Gasteiger partial charge in [0.25, 0.3) is 0 Å². The molecule has 1 aliphatic rings. The van der Waals surface area contributed by atoms with Crippen molar-refractivity contribution in [2.45, 2.75) is 13.3 Å². The third-order valence-electron chi connectivity index (χ3n) is 5.46. The van der Waals surface area contributed by atoms with E-state index in [4.69, 9.17) is 9.40 Å². The van der Waals surface area contributed by atoms with Crippen molar-refractivity contribution < 1.29 is 9.21 Å². The van der Waals surface area contributed by atoms with Gasteiger partial charge < -0.3 is 14.2 Å². The second kappa shape index (κ2) is 8.92. The molecule has 0 N–H and O–H groups in total. The van der Waals surface area contributed by atoms with Gasteiger partial charge in [0.15, 0.2) is 16.6 Å². The Bertz CT molecular complexity index is 1210. The molecule has 0 spiro atoms. The number of hydrogen-bond acceptors (Lipinski definition) is 7. The van der Waals surface area contributed by atoms with Gasteiger partial charge in [-0.1, -0.05) is 30.3 Å². The third kappa shape index (κ3) is 4.40. The molecule has 0 atom stereocenters. The van der Waals surface area contributed by atoms with Gasteiger partial charge >= 0.3 is 0 Å². The van der Waals surface area contributed by atoms with Crippen LogP contribution >= 0.6 is 11.3 Å². The van der Waals surface area contributed by atoms with Gasteiger partial charge in [-0.2, -0.15) is 0 Å². The van der Waals surface area contributed by atoms with Crippen LogP contribution in [-0.4, -0.2) is 51.9 Å². The lowest BCUT2D eigenvalue weighted by atomic mass is 10.2. The molecule has 0 unspecified atom stereocenters. The number of nitrogens with zero attached hydrogens (tertiary/aromatic N) is 5. The number of thiazole rings is 1. The summed E-state index contributed by atoms with van der Waals surface area (Å²) >= 11 is 1.50. The summed E-state index contributed by atoms with van der Waals surface area (Å²) in [5.74, 6) is 3.31. The molecule has 0 aliphatic carbocycles. The molecular weight excluding hydrogens is 422 g/mol. The zero-order valence-electron chi connectivity index (χ0n) is 17.8. The average molecular weight is 446 g/mol. The van der Waals surface area contributed by atoms with E-state index in [1.807, 2.05) is 65.7 Å². The maximum atomic E-state index is 12.8. The van der Waals surface area contributed by atoms with Crippen LogP contribution in [0.25, 0.3) is 22.2 Å². The molecule has 162 valence electrons. The summed E-state index contributed by atoms with van der Waals surface area (Å²) in [6.07, 6.45) is 2.10. The monoisotopic (exact) mass is 445 g/mol. The molecule has 0 saturated carbocycles. The summed E-state index contributed by atoms with van der Waals surface area (Å²) in [4.78, 5) is 30.7. The largest absolute Gasteiger partial charge is 0.459 e. The number of hydrogen-bond donors (Lipinski definition) is 0. The van der Waals surface area contributed by atoms with E-state index in [9.17, 15) is 4.79 Å². The molecule has 32 heavy (non-hydrogen) atoms. The van der Waals surface area contributed by atoms with Gasteiger partial charge in [-0.05, 0) is 25.1 Å². The van der Waals surface area contributed by atoms with Crippen LogP contribution < -0.4 is 4.90 Å². The van der Waals surface area contributed by atoms with Crippen LogP contribution in [0.3, 0.4) is 0 Å². The number of carbonyl (C=O) groups is 1. The number of amides is 1. The first-order valence-electron chi connectivity index (χ1n) is 10.6. The van der Waals surface area contributed by atoms with E-state index in [1.54, 1.807) is 6.20 Å². The first kappa shape index (κ1) is 20.4. The molecule has 1 aromatic carbocycles. The highest BCUT2D eigenvalue weighted by Crippen LogP contribution is 2.26. The summed E-state index contributed by atoms with van der Waals surface area (Å²) in [7, 11) is 0. The zero-order chi connectivity index (χ0) is 21.9. The normalized spacial score (nSPS) is 14.0. The van der Waals surface area contributed by atoms with Gasteiger partial charge in [0.2, 0.25) is 5.91 Å². The molecule has 1 aliphatic heterocycles. The quantitative estimate of drug-likeness (QED) is 0.461. The number of piperazine rings is 1. The lowest BCUT2D eigenvalue weighted by molar-refractivity contribution is -0.130. The lowest BCUT2D eigenvalue weighted by Crippen LogP contribution is -2.49. The van der Waals surface area contributed by atoms with Gasteiger partial charge in [0, 0.05) is 43.3 Å². The predicted octanol–water partition coefficient (Wildman–Crippen LogP) is 4.06. The Morgan fingerprint density at radius 1 is 1.03 bits per heavy atom. The fraction of sp³-hybridized carbons (Fsp3) is 0.250. The fourth-order valence-corrected chi connectivity index (χ4v) is 4.53.